The van der Waals surface area contributed by atoms with Crippen LogP contribution in [-0.4, -0.2) is 4.43 Å². The van der Waals surface area contributed by atoms with Crippen LogP contribution in [0.25, 0.3) is 0 Å². The summed E-state index contributed by atoms with van der Waals surface area (Å²) in [6.07, 6.45) is 17.4. The molecule has 1 atom stereocenters. The predicted octanol–water partition coefficient (Wildman–Crippen LogP) is 6.76. The first-order valence-corrected chi connectivity index (χ1v) is 9.43. The summed E-state index contributed by atoms with van der Waals surface area (Å²) in [7, 11) is 0. The second kappa shape index (κ2) is 14.8. The van der Waals surface area contributed by atoms with E-state index in [-0.39, 0.29) is 0 Å². The summed E-state index contributed by atoms with van der Waals surface area (Å²) in [6, 6.07) is 0. The van der Waals surface area contributed by atoms with Crippen LogP contribution in [0.5, 0.6) is 0 Å². The predicted molar refractivity (Wildman–Crippen MR) is 89.1 cm³/mol. The van der Waals surface area contributed by atoms with E-state index >= 15 is 0 Å². The summed E-state index contributed by atoms with van der Waals surface area (Å²) < 4.78 is 1.35. The smallest absolute Gasteiger partial charge is 0.000209 e. The van der Waals surface area contributed by atoms with Crippen molar-refractivity contribution in [1.29, 1.82) is 0 Å². The Labute approximate surface area is 123 Å². The molecule has 0 unspecified atom stereocenters. The molecule has 0 saturated heterocycles. The Morgan fingerprint density at radius 3 is 1.59 bits per heavy atom. The number of unbranched alkanes of at least 4 members (excludes halogenated alkanes) is 7. The minimum atomic E-state index is 1.03. The summed E-state index contributed by atoms with van der Waals surface area (Å²) in [5.74, 6) is 1.03. The van der Waals surface area contributed by atoms with E-state index in [2.05, 4.69) is 36.4 Å². The van der Waals surface area contributed by atoms with E-state index in [0.29, 0.717) is 0 Å². The van der Waals surface area contributed by atoms with Crippen LogP contribution in [0.15, 0.2) is 0 Å². The molecular weight excluding hydrogens is 319 g/mol. The molecule has 0 aliphatic rings. The Morgan fingerprint density at radius 2 is 1.12 bits per heavy atom. The van der Waals surface area contributed by atoms with Crippen molar-refractivity contribution in [3.05, 3.63) is 0 Å². The van der Waals surface area contributed by atoms with Gasteiger partial charge in [0.1, 0.15) is 0 Å². The van der Waals surface area contributed by atoms with E-state index in [9.17, 15) is 0 Å². The van der Waals surface area contributed by atoms with Crippen LogP contribution in [0, 0.1) is 5.92 Å². The minimum Gasteiger partial charge on any atom is -0.0864 e. The molecule has 0 aliphatic heterocycles. The van der Waals surface area contributed by atoms with Crippen LogP contribution in [0.4, 0.5) is 0 Å². The molecule has 0 heterocycles. The second-order valence-corrected chi connectivity index (χ2v) is 6.47. The Kier molecular flexibility index (Phi) is 15.4. The molecule has 0 fully saturated rings. The van der Waals surface area contributed by atoms with E-state index in [4.69, 9.17) is 0 Å². The summed E-state index contributed by atoms with van der Waals surface area (Å²) in [5.41, 5.74) is 0. The molecule has 0 spiro atoms. The average Bonchev–Trinajstić information content (AvgIpc) is 2.34. The third-order valence-corrected chi connectivity index (χ3v) is 4.32. The molecule has 0 aromatic carbocycles. The summed E-state index contributed by atoms with van der Waals surface area (Å²) in [4.78, 5) is 0. The lowest BCUT2D eigenvalue weighted by Crippen LogP contribution is -2.01. The zero-order chi connectivity index (χ0) is 12.8. The molecular formula is C16H33I. The molecule has 0 nitrogen and oxygen atoms in total. The molecule has 0 aromatic rings. The van der Waals surface area contributed by atoms with Crippen LogP contribution >= 0.6 is 22.6 Å². The lowest BCUT2D eigenvalue weighted by molar-refractivity contribution is 0.398. The fraction of sp³-hybridized carbons (Fsp3) is 1.00. The zero-order valence-electron chi connectivity index (χ0n) is 12.1. The van der Waals surface area contributed by atoms with Gasteiger partial charge in [-0.05, 0) is 16.8 Å². The van der Waals surface area contributed by atoms with Gasteiger partial charge in [-0.3, -0.25) is 0 Å². The Balaban J connectivity index is 3.45. The van der Waals surface area contributed by atoms with Gasteiger partial charge in [-0.15, -0.1) is 0 Å². The summed E-state index contributed by atoms with van der Waals surface area (Å²) in [5, 5.41) is 0. The van der Waals surface area contributed by atoms with E-state index in [1.165, 1.54) is 81.5 Å². The SMILES string of the molecule is CCCCCCC[C@H](CCI)CCCCCC. The van der Waals surface area contributed by atoms with Gasteiger partial charge in [-0.1, -0.05) is 107 Å². The van der Waals surface area contributed by atoms with Gasteiger partial charge < -0.3 is 0 Å². The van der Waals surface area contributed by atoms with E-state index in [0.717, 1.165) is 5.92 Å². The fourth-order valence-electron chi connectivity index (χ4n) is 2.48. The van der Waals surface area contributed by atoms with Gasteiger partial charge in [0, 0.05) is 0 Å². The van der Waals surface area contributed by atoms with E-state index in [1.807, 2.05) is 0 Å². The first-order valence-electron chi connectivity index (χ1n) is 7.91. The number of hydrogen-bond acceptors (Lipinski definition) is 0. The lowest BCUT2D eigenvalue weighted by Gasteiger charge is -2.15. The zero-order valence-corrected chi connectivity index (χ0v) is 14.3. The lowest BCUT2D eigenvalue weighted by atomic mass is 9.92. The highest BCUT2D eigenvalue weighted by Gasteiger charge is 2.07. The topological polar surface area (TPSA) is 0 Å². The van der Waals surface area contributed by atoms with Gasteiger partial charge in [0.05, 0.1) is 0 Å². The third-order valence-electron chi connectivity index (χ3n) is 3.70. The number of alkyl halides is 1. The maximum absolute atomic E-state index is 2.55. The normalized spacial score (nSPS) is 12.9. The third kappa shape index (κ3) is 13.0. The quantitative estimate of drug-likeness (QED) is 0.195. The molecule has 17 heavy (non-hydrogen) atoms. The van der Waals surface area contributed by atoms with Crippen molar-refractivity contribution < 1.29 is 0 Å². The van der Waals surface area contributed by atoms with Crippen molar-refractivity contribution in [1.82, 2.24) is 0 Å². The standard InChI is InChI=1S/C16H33I/c1-3-5-7-9-11-13-16(14-15-17)12-10-8-6-4-2/h16H,3-15H2,1-2H3/t16-/m1/s1. The number of rotatable bonds is 13. The fourth-order valence-corrected chi connectivity index (χ4v) is 3.36. The molecule has 0 radical (unpaired) electrons. The molecule has 0 saturated carbocycles. The summed E-state index contributed by atoms with van der Waals surface area (Å²) in [6.45, 7) is 4.60. The molecule has 0 aliphatic carbocycles. The first kappa shape index (κ1) is 17.7. The van der Waals surface area contributed by atoms with Crippen molar-refractivity contribution in [3.8, 4) is 0 Å². The number of hydrogen-bond donors (Lipinski definition) is 0. The summed E-state index contributed by atoms with van der Waals surface area (Å²) >= 11 is 2.55. The van der Waals surface area contributed by atoms with Gasteiger partial charge in [-0.25, -0.2) is 0 Å². The Hall–Kier alpha value is 0.730. The van der Waals surface area contributed by atoms with Gasteiger partial charge in [0.25, 0.3) is 0 Å². The minimum absolute atomic E-state index is 1.03. The van der Waals surface area contributed by atoms with Crippen LogP contribution < -0.4 is 0 Å². The van der Waals surface area contributed by atoms with Crippen molar-refractivity contribution in [2.24, 2.45) is 5.92 Å². The largest absolute Gasteiger partial charge is 0.0864 e. The Morgan fingerprint density at radius 1 is 0.647 bits per heavy atom. The van der Waals surface area contributed by atoms with Gasteiger partial charge in [0.15, 0.2) is 0 Å². The molecule has 0 bridgehead atoms. The second-order valence-electron chi connectivity index (χ2n) is 5.40. The molecule has 1 heteroatoms. The Bertz CT molecular complexity index is 133. The maximum Gasteiger partial charge on any atom is -0.000209 e. The molecule has 0 N–H and O–H groups in total. The van der Waals surface area contributed by atoms with Gasteiger partial charge in [-0.2, -0.15) is 0 Å². The molecule has 0 rings (SSSR count). The van der Waals surface area contributed by atoms with Gasteiger partial charge in [0.2, 0.25) is 0 Å². The molecule has 104 valence electrons. The maximum atomic E-state index is 2.55. The molecule has 0 amide bonds. The highest BCUT2D eigenvalue weighted by Crippen LogP contribution is 2.22. The van der Waals surface area contributed by atoms with Crippen LogP contribution in [0.1, 0.15) is 90.9 Å². The van der Waals surface area contributed by atoms with Crippen molar-refractivity contribution in [3.63, 3.8) is 0 Å². The van der Waals surface area contributed by atoms with Crippen LogP contribution in [-0.2, 0) is 0 Å². The van der Waals surface area contributed by atoms with Crippen molar-refractivity contribution in [2.75, 3.05) is 4.43 Å². The van der Waals surface area contributed by atoms with Crippen LogP contribution in [0.3, 0.4) is 0 Å². The van der Waals surface area contributed by atoms with Gasteiger partial charge >= 0.3 is 0 Å². The van der Waals surface area contributed by atoms with E-state index in [1.54, 1.807) is 0 Å². The average molecular weight is 352 g/mol. The van der Waals surface area contributed by atoms with Crippen molar-refractivity contribution >= 4 is 22.6 Å². The number of halogens is 1. The van der Waals surface area contributed by atoms with Crippen LogP contribution in [0.2, 0.25) is 0 Å². The highest BCUT2D eigenvalue weighted by atomic mass is 127. The molecule has 0 aromatic heterocycles. The van der Waals surface area contributed by atoms with Crippen molar-refractivity contribution in [2.45, 2.75) is 90.9 Å². The van der Waals surface area contributed by atoms with E-state index < -0.39 is 0 Å². The monoisotopic (exact) mass is 352 g/mol. The highest BCUT2D eigenvalue weighted by molar-refractivity contribution is 14.1. The first-order chi connectivity index (χ1) is 8.35.